The summed E-state index contributed by atoms with van der Waals surface area (Å²) in [4.78, 5) is 31.2. The molecule has 0 saturated carbocycles. The van der Waals surface area contributed by atoms with E-state index in [1.807, 2.05) is 19.1 Å². The first-order valence-corrected chi connectivity index (χ1v) is 12.0. The second kappa shape index (κ2) is 9.78. The van der Waals surface area contributed by atoms with Gasteiger partial charge in [-0.15, -0.1) is 0 Å². The van der Waals surface area contributed by atoms with E-state index in [0.29, 0.717) is 40.5 Å². The van der Waals surface area contributed by atoms with Gasteiger partial charge in [-0.2, -0.15) is 0 Å². The monoisotopic (exact) mass is 482 g/mol. The number of carbonyl (C=O) groups is 1. The van der Waals surface area contributed by atoms with Gasteiger partial charge >= 0.3 is 0 Å². The van der Waals surface area contributed by atoms with Crippen LogP contribution < -0.4 is 10.2 Å². The molecule has 2 aliphatic heterocycles. The molecule has 8 heteroatoms. The fourth-order valence-electron chi connectivity index (χ4n) is 4.77. The quantitative estimate of drug-likeness (QED) is 0.504. The van der Waals surface area contributed by atoms with E-state index >= 15 is 0 Å². The lowest BCUT2D eigenvalue weighted by Crippen LogP contribution is -2.38. The third-order valence-corrected chi connectivity index (χ3v) is 6.66. The van der Waals surface area contributed by atoms with Crippen LogP contribution in [0.15, 0.2) is 51.7 Å². The molecule has 5 rings (SSSR count). The van der Waals surface area contributed by atoms with E-state index in [9.17, 15) is 9.59 Å². The minimum Gasteiger partial charge on any atom is -0.494 e. The Labute approximate surface area is 202 Å². The highest BCUT2D eigenvalue weighted by Crippen LogP contribution is 2.39. The van der Waals surface area contributed by atoms with Gasteiger partial charge < -0.3 is 18.8 Å². The summed E-state index contributed by atoms with van der Waals surface area (Å²) in [5.41, 5.74) is 1.38. The van der Waals surface area contributed by atoms with Crippen LogP contribution in [0.5, 0.6) is 5.75 Å². The molecule has 0 N–H and O–H groups in total. The fraction of sp³-hybridized carbons (Fsp3) is 0.385. The Morgan fingerprint density at radius 3 is 2.56 bits per heavy atom. The number of morpholine rings is 1. The van der Waals surface area contributed by atoms with E-state index in [4.69, 9.17) is 25.5 Å². The summed E-state index contributed by atoms with van der Waals surface area (Å²) >= 11 is 6.11. The SMILES string of the molecule is CCOc1ccc2c(=O)c3c(oc2c1)C(=O)N(CCCN1CCOCC1)C3c1ccc(Cl)cc1. The average Bonchev–Trinajstić information content (AvgIpc) is 3.12. The lowest BCUT2D eigenvalue weighted by atomic mass is 9.98. The highest BCUT2D eigenvalue weighted by Gasteiger charge is 2.42. The van der Waals surface area contributed by atoms with Gasteiger partial charge in [0.05, 0.1) is 36.8 Å². The van der Waals surface area contributed by atoms with Crippen LogP contribution in [0, 0.1) is 0 Å². The number of nitrogens with zero attached hydrogens (tertiary/aromatic N) is 2. The van der Waals surface area contributed by atoms with Crippen LogP contribution in [0.4, 0.5) is 0 Å². The number of carbonyl (C=O) groups excluding carboxylic acids is 1. The van der Waals surface area contributed by atoms with Crippen LogP contribution in [0.1, 0.15) is 41.1 Å². The summed E-state index contributed by atoms with van der Waals surface area (Å²) in [6.07, 6.45) is 0.784. The van der Waals surface area contributed by atoms with Crippen LogP contribution >= 0.6 is 11.6 Å². The highest BCUT2D eigenvalue weighted by atomic mass is 35.5. The maximum Gasteiger partial charge on any atom is 0.290 e. The standard InChI is InChI=1S/C26H27ClN2O5/c1-2-33-19-8-9-20-21(16-19)34-25-22(24(20)30)23(17-4-6-18(27)7-5-17)29(26(25)31)11-3-10-28-12-14-32-15-13-28/h4-9,16,23H,2-3,10-15H2,1H3. The van der Waals surface area contributed by atoms with E-state index < -0.39 is 6.04 Å². The van der Waals surface area contributed by atoms with Crippen molar-refractivity contribution in [1.29, 1.82) is 0 Å². The Morgan fingerprint density at radius 2 is 1.82 bits per heavy atom. The zero-order chi connectivity index (χ0) is 23.7. The normalized spacial score (nSPS) is 18.5. The van der Waals surface area contributed by atoms with Gasteiger partial charge in [0, 0.05) is 37.3 Å². The predicted octanol–water partition coefficient (Wildman–Crippen LogP) is 4.11. The molecular weight excluding hydrogens is 456 g/mol. The van der Waals surface area contributed by atoms with Crippen LogP contribution in [-0.4, -0.2) is 61.7 Å². The molecule has 3 heterocycles. The molecule has 0 spiro atoms. The Kier molecular flexibility index (Phi) is 6.59. The van der Waals surface area contributed by atoms with Crippen LogP contribution in [0.25, 0.3) is 11.0 Å². The van der Waals surface area contributed by atoms with Crippen molar-refractivity contribution in [2.75, 3.05) is 46.0 Å². The fourth-order valence-corrected chi connectivity index (χ4v) is 4.89. The molecule has 0 radical (unpaired) electrons. The largest absolute Gasteiger partial charge is 0.494 e. The minimum absolute atomic E-state index is 0.109. The van der Waals surface area contributed by atoms with Crippen molar-refractivity contribution < 1.29 is 18.7 Å². The smallest absolute Gasteiger partial charge is 0.290 e. The van der Waals surface area contributed by atoms with Crippen molar-refractivity contribution >= 4 is 28.5 Å². The van der Waals surface area contributed by atoms with Gasteiger partial charge in [-0.3, -0.25) is 14.5 Å². The molecule has 1 aromatic heterocycles. The number of halogens is 1. The number of ether oxygens (including phenoxy) is 2. The van der Waals surface area contributed by atoms with Crippen LogP contribution in [-0.2, 0) is 4.74 Å². The number of hydrogen-bond donors (Lipinski definition) is 0. The summed E-state index contributed by atoms with van der Waals surface area (Å²) in [5.74, 6) is 0.440. The van der Waals surface area contributed by atoms with Gasteiger partial charge in [-0.1, -0.05) is 23.7 Å². The minimum atomic E-state index is -0.517. The van der Waals surface area contributed by atoms with E-state index in [0.717, 1.165) is 44.8 Å². The number of hydrogen-bond acceptors (Lipinski definition) is 6. The predicted molar refractivity (Wildman–Crippen MR) is 130 cm³/mol. The number of fused-ring (bicyclic) bond motifs is 2. The summed E-state index contributed by atoms with van der Waals surface area (Å²) in [6.45, 7) is 7.00. The Bertz CT molecular complexity index is 1250. The lowest BCUT2D eigenvalue weighted by molar-refractivity contribution is 0.0353. The number of benzene rings is 2. The van der Waals surface area contributed by atoms with Crippen molar-refractivity contribution in [3.05, 3.63) is 74.6 Å². The number of rotatable bonds is 7. The molecule has 0 aliphatic carbocycles. The summed E-state index contributed by atoms with van der Waals surface area (Å²) in [5, 5.41) is 1.03. The molecule has 0 bridgehead atoms. The summed E-state index contributed by atoms with van der Waals surface area (Å²) in [7, 11) is 0. The molecule has 1 atom stereocenters. The molecule has 2 aliphatic rings. The third kappa shape index (κ3) is 4.31. The zero-order valence-electron chi connectivity index (χ0n) is 19.1. The molecule has 3 aromatic rings. The first kappa shape index (κ1) is 22.9. The molecule has 178 valence electrons. The highest BCUT2D eigenvalue weighted by molar-refractivity contribution is 6.30. The average molecular weight is 483 g/mol. The molecule has 2 aromatic carbocycles. The Morgan fingerprint density at radius 1 is 1.06 bits per heavy atom. The first-order valence-electron chi connectivity index (χ1n) is 11.7. The van der Waals surface area contributed by atoms with Gasteiger partial charge in [0.15, 0.2) is 5.43 Å². The topological polar surface area (TPSA) is 72.2 Å². The van der Waals surface area contributed by atoms with E-state index in [2.05, 4.69) is 4.90 Å². The Hall–Kier alpha value is -2.87. The summed E-state index contributed by atoms with van der Waals surface area (Å²) < 4.78 is 17.0. The maximum absolute atomic E-state index is 13.6. The molecule has 1 unspecified atom stereocenters. The first-order chi connectivity index (χ1) is 16.6. The van der Waals surface area contributed by atoms with E-state index in [1.165, 1.54) is 0 Å². The van der Waals surface area contributed by atoms with Gasteiger partial charge in [0.25, 0.3) is 5.91 Å². The van der Waals surface area contributed by atoms with Crippen molar-refractivity contribution in [3.8, 4) is 5.75 Å². The van der Waals surface area contributed by atoms with Gasteiger partial charge in [0.2, 0.25) is 5.76 Å². The molecule has 34 heavy (non-hydrogen) atoms. The van der Waals surface area contributed by atoms with Crippen molar-refractivity contribution in [2.45, 2.75) is 19.4 Å². The summed E-state index contributed by atoms with van der Waals surface area (Å²) in [6, 6.07) is 11.9. The molecule has 1 fully saturated rings. The lowest BCUT2D eigenvalue weighted by Gasteiger charge is -2.29. The van der Waals surface area contributed by atoms with Gasteiger partial charge in [0.1, 0.15) is 11.3 Å². The Balaban J connectivity index is 1.52. The van der Waals surface area contributed by atoms with Crippen molar-refractivity contribution in [1.82, 2.24) is 9.80 Å². The van der Waals surface area contributed by atoms with E-state index in [-0.39, 0.29) is 17.1 Å². The van der Waals surface area contributed by atoms with Crippen LogP contribution in [0.2, 0.25) is 5.02 Å². The number of amides is 1. The zero-order valence-corrected chi connectivity index (χ0v) is 19.8. The second-order valence-corrected chi connectivity index (χ2v) is 8.96. The van der Waals surface area contributed by atoms with E-state index in [1.54, 1.807) is 35.2 Å². The van der Waals surface area contributed by atoms with Crippen LogP contribution in [0.3, 0.4) is 0 Å². The molecule has 7 nitrogen and oxygen atoms in total. The maximum atomic E-state index is 13.6. The molecule has 1 amide bonds. The van der Waals surface area contributed by atoms with Gasteiger partial charge in [-0.05, 0) is 43.2 Å². The molecular formula is C26H27ClN2O5. The third-order valence-electron chi connectivity index (χ3n) is 6.41. The van der Waals surface area contributed by atoms with Gasteiger partial charge in [-0.25, -0.2) is 0 Å². The molecule has 1 saturated heterocycles. The second-order valence-electron chi connectivity index (χ2n) is 8.53. The van der Waals surface area contributed by atoms with Crippen molar-refractivity contribution in [2.24, 2.45) is 0 Å². The van der Waals surface area contributed by atoms with Crippen molar-refractivity contribution in [3.63, 3.8) is 0 Å².